The number of halogens is 2. The van der Waals surface area contributed by atoms with Crippen LogP contribution in [0.2, 0.25) is 0 Å². The van der Waals surface area contributed by atoms with E-state index in [1.807, 2.05) is 12.1 Å². The van der Waals surface area contributed by atoms with Crippen LogP contribution in [0.5, 0.6) is 0 Å². The standard InChI is InChI=1S/C9H9FIN/c10-9(1-2-9)6-3-7(11)5-8(12)4-6/h3-5H,1-2,12H2. The predicted octanol–water partition coefficient (Wildman–Crippen LogP) is 2.83. The smallest absolute Gasteiger partial charge is 0.136 e. The fourth-order valence-corrected chi connectivity index (χ4v) is 1.96. The van der Waals surface area contributed by atoms with Gasteiger partial charge in [0, 0.05) is 9.26 Å². The molecule has 0 spiro atoms. The van der Waals surface area contributed by atoms with Gasteiger partial charge in [0.25, 0.3) is 0 Å². The van der Waals surface area contributed by atoms with Crippen molar-refractivity contribution in [3.05, 3.63) is 27.3 Å². The van der Waals surface area contributed by atoms with Crippen LogP contribution in [0.25, 0.3) is 0 Å². The first-order chi connectivity index (χ1) is 5.60. The molecule has 0 unspecified atom stereocenters. The van der Waals surface area contributed by atoms with Gasteiger partial charge < -0.3 is 5.73 Å². The Balaban J connectivity index is 2.44. The van der Waals surface area contributed by atoms with Crippen molar-refractivity contribution in [1.29, 1.82) is 0 Å². The number of hydrogen-bond donors (Lipinski definition) is 1. The number of nitrogens with two attached hydrogens (primary N) is 1. The quantitative estimate of drug-likeness (QED) is 0.620. The summed E-state index contributed by atoms with van der Waals surface area (Å²) in [4.78, 5) is 0. The number of rotatable bonds is 1. The van der Waals surface area contributed by atoms with Crippen molar-refractivity contribution in [1.82, 2.24) is 0 Å². The summed E-state index contributed by atoms with van der Waals surface area (Å²) in [5, 5.41) is 0. The molecule has 1 aromatic carbocycles. The maximum Gasteiger partial charge on any atom is 0.136 e. The number of benzene rings is 1. The minimum Gasteiger partial charge on any atom is -0.399 e. The van der Waals surface area contributed by atoms with E-state index in [4.69, 9.17) is 5.73 Å². The number of alkyl halides is 1. The van der Waals surface area contributed by atoms with Crippen LogP contribution in [0.15, 0.2) is 18.2 Å². The topological polar surface area (TPSA) is 26.0 Å². The van der Waals surface area contributed by atoms with Gasteiger partial charge in [-0.2, -0.15) is 0 Å². The summed E-state index contributed by atoms with van der Waals surface area (Å²) in [6.45, 7) is 0. The first-order valence-electron chi connectivity index (χ1n) is 3.86. The van der Waals surface area contributed by atoms with Gasteiger partial charge in [-0.3, -0.25) is 0 Å². The third-order valence-corrected chi connectivity index (χ3v) is 2.75. The summed E-state index contributed by atoms with van der Waals surface area (Å²) in [7, 11) is 0. The van der Waals surface area contributed by atoms with Gasteiger partial charge in [0.05, 0.1) is 0 Å². The Bertz CT molecular complexity index is 300. The van der Waals surface area contributed by atoms with Crippen molar-refractivity contribution < 1.29 is 4.39 Å². The highest BCUT2D eigenvalue weighted by atomic mass is 127. The second-order valence-electron chi connectivity index (χ2n) is 3.24. The maximum absolute atomic E-state index is 13.5. The van der Waals surface area contributed by atoms with E-state index in [-0.39, 0.29) is 0 Å². The van der Waals surface area contributed by atoms with Gasteiger partial charge in [-0.25, -0.2) is 4.39 Å². The van der Waals surface area contributed by atoms with Crippen molar-refractivity contribution in [2.45, 2.75) is 18.5 Å². The molecule has 0 aromatic heterocycles. The van der Waals surface area contributed by atoms with Gasteiger partial charge in [0.1, 0.15) is 5.67 Å². The maximum atomic E-state index is 13.5. The number of hydrogen-bond acceptors (Lipinski definition) is 1. The van der Waals surface area contributed by atoms with E-state index < -0.39 is 5.67 Å². The largest absolute Gasteiger partial charge is 0.399 e. The molecule has 2 N–H and O–H groups in total. The van der Waals surface area contributed by atoms with Crippen LogP contribution >= 0.6 is 22.6 Å². The van der Waals surface area contributed by atoms with E-state index in [0.717, 1.165) is 9.13 Å². The van der Waals surface area contributed by atoms with Crippen molar-refractivity contribution in [3.63, 3.8) is 0 Å². The summed E-state index contributed by atoms with van der Waals surface area (Å²) in [6, 6.07) is 5.44. The molecule has 0 heterocycles. The highest BCUT2D eigenvalue weighted by Gasteiger charge is 2.45. The SMILES string of the molecule is Nc1cc(I)cc(C2(F)CC2)c1. The molecule has 0 amide bonds. The van der Waals surface area contributed by atoms with E-state index in [1.54, 1.807) is 6.07 Å². The van der Waals surface area contributed by atoms with Crippen molar-refractivity contribution >= 4 is 28.3 Å². The van der Waals surface area contributed by atoms with Gasteiger partial charge in [-0.15, -0.1) is 0 Å². The third-order valence-electron chi connectivity index (χ3n) is 2.13. The van der Waals surface area contributed by atoms with Gasteiger partial charge in [0.15, 0.2) is 0 Å². The van der Waals surface area contributed by atoms with E-state index in [9.17, 15) is 4.39 Å². The summed E-state index contributed by atoms with van der Waals surface area (Å²) in [6.07, 6.45) is 1.29. The molecule has 1 saturated carbocycles. The molecule has 64 valence electrons. The Labute approximate surface area is 84.3 Å². The van der Waals surface area contributed by atoms with Crippen LogP contribution in [-0.2, 0) is 5.67 Å². The minimum absolute atomic E-state index is 0.645. The normalized spacial score (nSPS) is 19.2. The monoisotopic (exact) mass is 277 g/mol. The zero-order chi connectivity index (χ0) is 8.77. The summed E-state index contributed by atoms with van der Waals surface area (Å²) >= 11 is 2.15. The van der Waals surface area contributed by atoms with E-state index in [1.165, 1.54) is 0 Å². The lowest BCUT2D eigenvalue weighted by molar-refractivity contribution is 0.317. The third kappa shape index (κ3) is 1.42. The molecule has 0 atom stereocenters. The highest BCUT2D eigenvalue weighted by Crippen LogP contribution is 2.50. The van der Waals surface area contributed by atoms with Crippen LogP contribution < -0.4 is 5.73 Å². The Kier molecular flexibility index (Phi) is 1.78. The molecule has 1 aliphatic carbocycles. The molecule has 12 heavy (non-hydrogen) atoms. The van der Waals surface area contributed by atoms with Gasteiger partial charge in [-0.1, -0.05) is 0 Å². The van der Waals surface area contributed by atoms with E-state index >= 15 is 0 Å². The highest BCUT2D eigenvalue weighted by molar-refractivity contribution is 14.1. The first-order valence-corrected chi connectivity index (χ1v) is 4.93. The molecule has 0 radical (unpaired) electrons. The summed E-state index contributed by atoms with van der Waals surface area (Å²) in [5.41, 5.74) is 5.95. The molecular formula is C9H9FIN. The van der Waals surface area contributed by atoms with Crippen LogP contribution in [0, 0.1) is 3.57 Å². The van der Waals surface area contributed by atoms with Crippen LogP contribution in [0.1, 0.15) is 18.4 Å². The number of nitrogen functional groups attached to an aromatic ring is 1. The molecule has 3 heteroatoms. The molecule has 1 aromatic rings. The zero-order valence-corrected chi connectivity index (χ0v) is 8.64. The predicted molar refractivity (Wildman–Crippen MR) is 55.6 cm³/mol. The Morgan fingerprint density at radius 3 is 2.50 bits per heavy atom. The Morgan fingerprint density at radius 2 is 2.00 bits per heavy atom. The average Bonchev–Trinajstić information content (AvgIpc) is 2.67. The van der Waals surface area contributed by atoms with Gasteiger partial charge in [-0.05, 0) is 59.2 Å². The van der Waals surface area contributed by atoms with Crippen molar-refractivity contribution in [2.75, 3.05) is 5.73 Å². The molecule has 1 aliphatic rings. The molecular weight excluding hydrogens is 268 g/mol. The lowest BCUT2D eigenvalue weighted by atomic mass is 10.1. The van der Waals surface area contributed by atoms with E-state index in [2.05, 4.69) is 22.6 Å². The zero-order valence-electron chi connectivity index (χ0n) is 6.48. The molecule has 0 bridgehead atoms. The molecule has 0 saturated heterocycles. The van der Waals surface area contributed by atoms with Crippen LogP contribution in [0.3, 0.4) is 0 Å². The lowest BCUT2D eigenvalue weighted by Gasteiger charge is -2.06. The first kappa shape index (κ1) is 8.29. The molecule has 2 rings (SSSR count). The molecule has 1 nitrogen and oxygen atoms in total. The van der Waals surface area contributed by atoms with Gasteiger partial charge in [0.2, 0.25) is 0 Å². The van der Waals surface area contributed by atoms with E-state index in [0.29, 0.717) is 18.5 Å². The Morgan fingerprint density at radius 1 is 1.33 bits per heavy atom. The fraction of sp³-hybridized carbons (Fsp3) is 0.333. The van der Waals surface area contributed by atoms with Crippen LogP contribution in [0.4, 0.5) is 10.1 Å². The van der Waals surface area contributed by atoms with Gasteiger partial charge >= 0.3 is 0 Å². The molecule has 1 fully saturated rings. The van der Waals surface area contributed by atoms with Crippen molar-refractivity contribution in [3.8, 4) is 0 Å². The second-order valence-corrected chi connectivity index (χ2v) is 4.48. The summed E-state index contributed by atoms with van der Waals surface area (Å²) in [5.74, 6) is 0. The van der Waals surface area contributed by atoms with Crippen LogP contribution in [-0.4, -0.2) is 0 Å². The fourth-order valence-electron chi connectivity index (χ4n) is 1.27. The van der Waals surface area contributed by atoms with Crippen molar-refractivity contribution in [2.24, 2.45) is 0 Å². The second kappa shape index (κ2) is 2.58. The lowest BCUT2D eigenvalue weighted by Crippen LogP contribution is -1.99. The molecule has 0 aliphatic heterocycles. The Hall–Kier alpha value is -0.320. The number of anilines is 1. The average molecular weight is 277 g/mol. The summed E-state index contributed by atoms with van der Waals surface area (Å²) < 4.78 is 14.5. The minimum atomic E-state index is -1.06.